The molecule has 2 heterocycles. The number of methoxy groups -OCH3 is 1. The number of piperazine rings is 1. The minimum atomic E-state index is -0.188. The molecule has 156 valence electrons. The molecule has 0 atom stereocenters. The Kier molecular flexibility index (Phi) is 6.40. The Morgan fingerprint density at radius 2 is 1.90 bits per heavy atom. The van der Waals surface area contributed by atoms with Gasteiger partial charge in [-0.15, -0.1) is 11.3 Å². The largest absolute Gasteiger partial charge is 0.497 e. The van der Waals surface area contributed by atoms with Crippen LogP contribution in [0.25, 0.3) is 0 Å². The van der Waals surface area contributed by atoms with E-state index >= 15 is 0 Å². The summed E-state index contributed by atoms with van der Waals surface area (Å²) in [5.74, 6) is 0.676. The van der Waals surface area contributed by atoms with E-state index in [0.717, 1.165) is 48.3 Å². The smallest absolute Gasteiger partial charge is 0.271 e. The number of carbonyl (C=O) groups excluding carboxylic acids is 1. The number of rotatable bonds is 6. The normalized spacial score (nSPS) is 13.9. The van der Waals surface area contributed by atoms with Gasteiger partial charge in [-0.05, 0) is 23.8 Å². The SMILES string of the molecule is COc1cccc(N2CCN(c3nc(C(=O)NCc4ccccc4Cl)cs3)CC2)c1. The van der Waals surface area contributed by atoms with Crippen LogP contribution < -0.4 is 19.9 Å². The number of hydrogen-bond acceptors (Lipinski definition) is 6. The Morgan fingerprint density at radius 3 is 2.67 bits per heavy atom. The van der Waals surface area contributed by atoms with E-state index < -0.39 is 0 Å². The molecule has 2 aromatic carbocycles. The van der Waals surface area contributed by atoms with E-state index in [-0.39, 0.29) is 5.91 Å². The van der Waals surface area contributed by atoms with Gasteiger partial charge in [-0.3, -0.25) is 4.79 Å². The highest BCUT2D eigenvalue weighted by molar-refractivity contribution is 7.13. The van der Waals surface area contributed by atoms with Crippen molar-refractivity contribution in [1.82, 2.24) is 10.3 Å². The molecule has 1 aliphatic heterocycles. The van der Waals surface area contributed by atoms with Crippen molar-refractivity contribution in [3.05, 3.63) is 70.2 Å². The van der Waals surface area contributed by atoms with Gasteiger partial charge in [0.25, 0.3) is 5.91 Å². The molecule has 6 nitrogen and oxygen atoms in total. The van der Waals surface area contributed by atoms with Crippen LogP contribution in [0.5, 0.6) is 5.75 Å². The number of benzene rings is 2. The first-order valence-corrected chi connectivity index (χ1v) is 11.0. The van der Waals surface area contributed by atoms with Gasteiger partial charge >= 0.3 is 0 Å². The van der Waals surface area contributed by atoms with Crippen LogP contribution >= 0.6 is 22.9 Å². The molecule has 1 aromatic heterocycles. The third-order valence-electron chi connectivity index (χ3n) is 5.09. The maximum atomic E-state index is 12.5. The molecule has 4 rings (SSSR count). The lowest BCUT2D eigenvalue weighted by Gasteiger charge is -2.36. The average molecular weight is 443 g/mol. The average Bonchev–Trinajstić information content (AvgIpc) is 3.29. The van der Waals surface area contributed by atoms with Crippen molar-refractivity contribution in [2.75, 3.05) is 43.1 Å². The van der Waals surface area contributed by atoms with Gasteiger partial charge in [-0.1, -0.05) is 35.9 Å². The Morgan fingerprint density at radius 1 is 1.13 bits per heavy atom. The first kappa shape index (κ1) is 20.5. The molecule has 0 unspecified atom stereocenters. The van der Waals surface area contributed by atoms with Gasteiger partial charge < -0.3 is 19.9 Å². The van der Waals surface area contributed by atoms with Crippen LogP contribution in [0.3, 0.4) is 0 Å². The Labute approximate surface area is 185 Å². The van der Waals surface area contributed by atoms with Crippen LogP contribution in [-0.4, -0.2) is 44.2 Å². The van der Waals surface area contributed by atoms with Crippen LogP contribution in [0.1, 0.15) is 16.1 Å². The number of hydrogen-bond donors (Lipinski definition) is 1. The number of nitrogens with zero attached hydrogens (tertiary/aromatic N) is 3. The lowest BCUT2D eigenvalue weighted by atomic mass is 10.2. The summed E-state index contributed by atoms with van der Waals surface area (Å²) in [5, 5.41) is 6.23. The summed E-state index contributed by atoms with van der Waals surface area (Å²) in [6, 6.07) is 15.6. The molecule has 3 aromatic rings. The van der Waals surface area contributed by atoms with Crippen molar-refractivity contribution in [3.8, 4) is 5.75 Å². The molecule has 1 fully saturated rings. The first-order chi connectivity index (χ1) is 14.6. The van der Waals surface area contributed by atoms with Gasteiger partial charge in [0.2, 0.25) is 0 Å². The van der Waals surface area contributed by atoms with Gasteiger partial charge in [0.05, 0.1) is 7.11 Å². The number of thiazole rings is 1. The molecule has 1 saturated heterocycles. The zero-order valence-corrected chi connectivity index (χ0v) is 18.2. The van der Waals surface area contributed by atoms with E-state index in [1.165, 1.54) is 11.3 Å². The molecule has 8 heteroatoms. The molecule has 1 N–H and O–H groups in total. The maximum Gasteiger partial charge on any atom is 0.271 e. The molecule has 1 aliphatic rings. The lowest BCUT2D eigenvalue weighted by molar-refractivity contribution is 0.0946. The van der Waals surface area contributed by atoms with E-state index in [0.29, 0.717) is 17.3 Å². The number of aromatic nitrogens is 1. The van der Waals surface area contributed by atoms with E-state index in [1.54, 1.807) is 7.11 Å². The van der Waals surface area contributed by atoms with Crippen molar-refractivity contribution in [2.24, 2.45) is 0 Å². The van der Waals surface area contributed by atoms with Crippen LogP contribution in [-0.2, 0) is 6.54 Å². The van der Waals surface area contributed by atoms with Crippen LogP contribution in [0.4, 0.5) is 10.8 Å². The second-order valence-corrected chi connectivity index (χ2v) is 8.21. The Balaban J connectivity index is 1.33. The minimum absolute atomic E-state index is 0.188. The quantitative estimate of drug-likeness (QED) is 0.623. The van der Waals surface area contributed by atoms with Gasteiger partial charge in [-0.25, -0.2) is 4.98 Å². The summed E-state index contributed by atoms with van der Waals surface area (Å²) in [6.45, 7) is 3.86. The van der Waals surface area contributed by atoms with Gasteiger partial charge in [0.15, 0.2) is 5.13 Å². The number of halogens is 1. The van der Waals surface area contributed by atoms with Gasteiger partial charge in [0.1, 0.15) is 11.4 Å². The zero-order valence-electron chi connectivity index (χ0n) is 16.7. The predicted octanol–water partition coefficient (Wildman–Crippen LogP) is 4.06. The number of nitrogens with one attached hydrogen (secondary N) is 1. The molecular weight excluding hydrogens is 420 g/mol. The fourth-order valence-electron chi connectivity index (χ4n) is 3.38. The predicted molar refractivity (Wildman–Crippen MR) is 122 cm³/mol. The van der Waals surface area contributed by atoms with Crippen molar-refractivity contribution in [2.45, 2.75) is 6.54 Å². The number of carbonyl (C=O) groups is 1. The van der Waals surface area contributed by atoms with Crippen molar-refractivity contribution in [1.29, 1.82) is 0 Å². The highest BCUT2D eigenvalue weighted by Gasteiger charge is 2.21. The van der Waals surface area contributed by atoms with Crippen LogP contribution in [0, 0.1) is 0 Å². The van der Waals surface area contributed by atoms with E-state index in [2.05, 4.69) is 32.2 Å². The molecule has 1 amide bonds. The molecule has 0 bridgehead atoms. The fourth-order valence-corrected chi connectivity index (χ4v) is 4.45. The van der Waals surface area contributed by atoms with Crippen molar-refractivity contribution < 1.29 is 9.53 Å². The molecule has 30 heavy (non-hydrogen) atoms. The van der Waals surface area contributed by atoms with E-state index in [4.69, 9.17) is 16.3 Å². The van der Waals surface area contributed by atoms with Crippen molar-refractivity contribution in [3.63, 3.8) is 0 Å². The van der Waals surface area contributed by atoms with Crippen LogP contribution in [0.2, 0.25) is 5.02 Å². The standard InChI is InChI=1S/C22H23ClN4O2S/c1-29-18-7-4-6-17(13-18)26-9-11-27(12-10-26)22-25-20(15-30-22)21(28)24-14-16-5-2-3-8-19(16)23/h2-8,13,15H,9-12,14H2,1H3,(H,24,28). The fraction of sp³-hybridized carbons (Fsp3) is 0.273. The summed E-state index contributed by atoms with van der Waals surface area (Å²) in [6.07, 6.45) is 0. The topological polar surface area (TPSA) is 57.7 Å². The molecule has 0 radical (unpaired) electrons. The zero-order chi connectivity index (χ0) is 20.9. The summed E-state index contributed by atoms with van der Waals surface area (Å²) in [7, 11) is 1.68. The molecule has 0 saturated carbocycles. The highest BCUT2D eigenvalue weighted by atomic mass is 35.5. The first-order valence-electron chi connectivity index (χ1n) is 9.75. The third kappa shape index (κ3) is 4.68. The lowest BCUT2D eigenvalue weighted by Crippen LogP contribution is -2.46. The van der Waals surface area contributed by atoms with Crippen LogP contribution in [0.15, 0.2) is 53.9 Å². The second-order valence-electron chi connectivity index (χ2n) is 6.96. The minimum Gasteiger partial charge on any atom is -0.497 e. The Hall–Kier alpha value is -2.77. The maximum absolute atomic E-state index is 12.5. The third-order valence-corrected chi connectivity index (χ3v) is 6.36. The van der Waals surface area contributed by atoms with Crippen molar-refractivity contribution >= 4 is 39.7 Å². The van der Waals surface area contributed by atoms with Gasteiger partial charge in [0, 0.05) is 54.9 Å². The highest BCUT2D eigenvalue weighted by Crippen LogP contribution is 2.26. The monoisotopic (exact) mass is 442 g/mol. The summed E-state index contributed by atoms with van der Waals surface area (Å²) >= 11 is 7.65. The summed E-state index contributed by atoms with van der Waals surface area (Å²) in [4.78, 5) is 21.6. The Bertz CT molecular complexity index is 1020. The van der Waals surface area contributed by atoms with E-state index in [1.807, 2.05) is 41.8 Å². The van der Waals surface area contributed by atoms with E-state index in [9.17, 15) is 4.79 Å². The molecule has 0 aliphatic carbocycles. The number of anilines is 2. The second kappa shape index (κ2) is 9.36. The number of ether oxygens (including phenoxy) is 1. The van der Waals surface area contributed by atoms with Gasteiger partial charge in [-0.2, -0.15) is 0 Å². The summed E-state index contributed by atoms with van der Waals surface area (Å²) in [5.41, 5.74) is 2.49. The molecule has 0 spiro atoms. The number of amides is 1. The molecular formula is C22H23ClN4O2S. The summed E-state index contributed by atoms with van der Waals surface area (Å²) < 4.78 is 5.33.